The smallest absolute Gasteiger partial charge is 0.234 e. The van der Waals surface area contributed by atoms with Crippen LogP contribution in [0.2, 0.25) is 0 Å². The van der Waals surface area contributed by atoms with Gasteiger partial charge in [-0.15, -0.1) is 5.10 Å². The van der Waals surface area contributed by atoms with Gasteiger partial charge in [-0.25, -0.2) is 14.6 Å². The molecule has 11 nitrogen and oxygen atoms in total. The number of rotatable bonds is 8. The minimum atomic E-state index is 0.0253. The molecule has 3 heterocycles. The summed E-state index contributed by atoms with van der Waals surface area (Å²) < 4.78 is 12.2. The lowest BCUT2D eigenvalue weighted by atomic mass is 10.1. The maximum absolute atomic E-state index is 12.4. The van der Waals surface area contributed by atoms with E-state index in [0.29, 0.717) is 35.8 Å². The molecule has 0 atom stereocenters. The number of amides is 1. The van der Waals surface area contributed by atoms with Crippen LogP contribution in [-0.4, -0.2) is 89.3 Å². The second-order valence-electron chi connectivity index (χ2n) is 7.64. The van der Waals surface area contributed by atoms with Gasteiger partial charge in [0.25, 0.3) is 0 Å². The Balaban J connectivity index is 1.23. The third-order valence-corrected chi connectivity index (χ3v) is 5.59. The average Bonchev–Trinajstić information content (AvgIpc) is 3.20. The van der Waals surface area contributed by atoms with E-state index < -0.39 is 0 Å². The van der Waals surface area contributed by atoms with Gasteiger partial charge in [0, 0.05) is 39.8 Å². The summed E-state index contributed by atoms with van der Waals surface area (Å²) in [6.07, 6.45) is 2.26. The number of nitrogens with zero attached hydrogens (tertiary/aromatic N) is 7. The molecule has 3 aromatic rings. The van der Waals surface area contributed by atoms with E-state index in [1.807, 2.05) is 25.2 Å². The molecule has 1 aliphatic heterocycles. The van der Waals surface area contributed by atoms with E-state index in [0.717, 1.165) is 44.0 Å². The number of carbonyl (C=O) groups is 1. The third kappa shape index (κ3) is 4.72. The first-order valence-corrected chi connectivity index (χ1v) is 10.5. The number of carbonyl (C=O) groups excluding carboxylic acids is 1. The second kappa shape index (κ2) is 9.77. The molecule has 1 saturated heterocycles. The first kappa shape index (κ1) is 21.8. The fraction of sp³-hybridized carbons (Fsp3) is 0.476. The largest absolute Gasteiger partial charge is 0.493 e. The third-order valence-electron chi connectivity index (χ3n) is 5.59. The predicted molar refractivity (Wildman–Crippen MR) is 119 cm³/mol. The summed E-state index contributed by atoms with van der Waals surface area (Å²) in [6.45, 7) is 4.02. The summed E-state index contributed by atoms with van der Waals surface area (Å²) >= 11 is 0. The number of ether oxygens (including phenoxy) is 2. The monoisotopic (exact) mass is 440 g/mol. The van der Waals surface area contributed by atoms with Crippen LogP contribution in [0.3, 0.4) is 0 Å². The molecule has 1 amide bonds. The fourth-order valence-electron chi connectivity index (χ4n) is 3.83. The number of benzene rings is 1. The van der Waals surface area contributed by atoms with E-state index >= 15 is 0 Å². The van der Waals surface area contributed by atoms with Gasteiger partial charge in [0.15, 0.2) is 28.5 Å². The molecule has 4 rings (SSSR count). The molecule has 11 heteroatoms. The molecule has 2 aromatic heterocycles. The summed E-state index contributed by atoms with van der Waals surface area (Å²) in [5.41, 5.74) is 2.50. The first-order valence-electron chi connectivity index (χ1n) is 10.5. The number of aryl methyl sites for hydroxylation is 1. The molecule has 1 aromatic carbocycles. The SMILES string of the molecule is COc1ccc(CCNC(=O)CN2CCN(c3ncnc4c3nnn4C)CC2)cc1OC. The van der Waals surface area contributed by atoms with E-state index in [9.17, 15) is 4.79 Å². The van der Waals surface area contributed by atoms with Crippen LogP contribution in [0.5, 0.6) is 11.5 Å². The lowest BCUT2D eigenvalue weighted by Gasteiger charge is -2.34. The van der Waals surface area contributed by atoms with Gasteiger partial charge in [-0.3, -0.25) is 9.69 Å². The topological polar surface area (TPSA) is 111 Å². The lowest BCUT2D eigenvalue weighted by molar-refractivity contribution is -0.122. The second-order valence-corrected chi connectivity index (χ2v) is 7.64. The van der Waals surface area contributed by atoms with Crippen molar-refractivity contribution in [3.63, 3.8) is 0 Å². The highest BCUT2D eigenvalue weighted by atomic mass is 16.5. The molecular weight excluding hydrogens is 412 g/mol. The number of anilines is 1. The highest BCUT2D eigenvalue weighted by Gasteiger charge is 2.23. The molecule has 0 radical (unpaired) electrons. The van der Waals surface area contributed by atoms with E-state index in [-0.39, 0.29) is 5.91 Å². The van der Waals surface area contributed by atoms with Gasteiger partial charge >= 0.3 is 0 Å². The minimum Gasteiger partial charge on any atom is -0.493 e. The van der Waals surface area contributed by atoms with Crippen molar-refractivity contribution in [1.82, 2.24) is 35.2 Å². The molecule has 0 spiro atoms. The molecule has 1 N–H and O–H groups in total. The van der Waals surface area contributed by atoms with Crippen LogP contribution in [0.25, 0.3) is 11.2 Å². The molecule has 0 aliphatic carbocycles. The van der Waals surface area contributed by atoms with Crippen molar-refractivity contribution in [2.45, 2.75) is 6.42 Å². The summed E-state index contributed by atoms with van der Waals surface area (Å²) in [6, 6.07) is 5.79. The number of methoxy groups -OCH3 is 2. The highest BCUT2D eigenvalue weighted by molar-refractivity contribution is 5.82. The van der Waals surface area contributed by atoms with Gasteiger partial charge in [-0.2, -0.15) is 0 Å². The molecule has 0 unspecified atom stereocenters. The Morgan fingerprint density at radius 3 is 2.62 bits per heavy atom. The minimum absolute atomic E-state index is 0.0253. The summed E-state index contributed by atoms with van der Waals surface area (Å²) in [7, 11) is 5.04. The fourth-order valence-corrected chi connectivity index (χ4v) is 3.83. The Labute approximate surface area is 186 Å². The number of piperazine rings is 1. The van der Waals surface area contributed by atoms with Crippen LogP contribution in [0.15, 0.2) is 24.5 Å². The van der Waals surface area contributed by atoms with Gasteiger partial charge in [-0.05, 0) is 24.1 Å². The highest BCUT2D eigenvalue weighted by Crippen LogP contribution is 2.27. The number of hydrogen-bond donors (Lipinski definition) is 1. The van der Waals surface area contributed by atoms with Crippen LogP contribution in [0, 0.1) is 0 Å². The first-order chi connectivity index (χ1) is 15.6. The van der Waals surface area contributed by atoms with E-state index in [2.05, 4.69) is 35.4 Å². The molecule has 1 aliphatic rings. The van der Waals surface area contributed by atoms with Crippen LogP contribution in [-0.2, 0) is 18.3 Å². The zero-order valence-electron chi connectivity index (χ0n) is 18.6. The van der Waals surface area contributed by atoms with Crippen LogP contribution in [0.1, 0.15) is 5.56 Å². The quantitative estimate of drug-likeness (QED) is 0.527. The predicted octanol–water partition coefficient (Wildman–Crippen LogP) is 0.256. The van der Waals surface area contributed by atoms with Crippen molar-refractivity contribution in [3.05, 3.63) is 30.1 Å². The average molecular weight is 441 g/mol. The maximum atomic E-state index is 12.4. The summed E-state index contributed by atoms with van der Waals surface area (Å²) in [5.74, 6) is 2.21. The zero-order chi connectivity index (χ0) is 22.5. The van der Waals surface area contributed by atoms with Gasteiger partial charge in [-0.1, -0.05) is 11.3 Å². The number of aromatic nitrogens is 5. The molecular formula is C21H28N8O3. The zero-order valence-corrected chi connectivity index (χ0v) is 18.6. The summed E-state index contributed by atoms with van der Waals surface area (Å²) in [4.78, 5) is 25.4. The van der Waals surface area contributed by atoms with Crippen molar-refractivity contribution in [3.8, 4) is 11.5 Å². The Hall–Kier alpha value is -3.47. The van der Waals surface area contributed by atoms with Gasteiger partial charge in [0.1, 0.15) is 6.33 Å². The van der Waals surface area contributed by atoms with Crippen molar-refractivity contribution in [2.24, 2.45) is 7.05 Å². The lowest BCUT2D eigenvalue weighted by Crippen LogP contribution is -2.50. The Bertz CT molecular complexity index is 1080. The van der Waals surface area contributed by atoms with Crippen LogP contribution < -0.4 is 19.7 Å². The standard InChI is InChI=1S/C21H28N8O3/c1-27-20-19(25-26-27)21(24-14-23-20)29-10-8-28(9-11-29)13-18(30)22-7-6-15-4-5-16(31-2)17(12-15)32-3/h4-5,12,14H,6-11,13H2,1-3H3,(H,22,30). The van der Waals surface area contributed by atoms with E-state index in [1.54, 1.807) is 25.2 Å². The van der Waals surface area contributed by atoms with Crippen LogP contribution in [0.4, 0.5) is 5.82 Å². The van der Waals surface area contributed by atoms with E-state index in [1.165, 1.54) is 0 Å². The number of fused-ring (bicyclic) bond motifs is 1. The van der Waals surface area contributed by atoms with Crippen molar-refractivity contribution < 1.29 is 14.3 Å². The van der Waals surface area contributed by atoms with Crippen molar-refractivity contribution >= 4 is 22.9 Å². The number of hydrogen-bond acceptors (Lipinski definition) is 9. The molecule has 0 saturated carbocycles. The Kier molecular flexibility index (Phi) is 6.64. The Morgan fingerprint density at radius 2 is 1.88 bits per heavy atom. The molecule has 0 bridgehead atoms. The van der Waals surface area contributed by atoms with E-state index in [4.69, 9.17) is 9.47 Å². The molecule has 1 fully saturated rings. The molecule has 32 heavy (non-hydrogen) atoms. The van der Waals surface area contributed by atoms with Crippen molar-refractivity contribution in [1.29, 1.82) is 0 Å². The van der Waals surface area contributed by atoms with Crippen molar-refractivity contribution in [2.75, 3.05) is 58.4 Å². The van der Waals surface area contributed by atoms with Gasteiger partial charge in [0.2, 0.25) is 5.91 Å². The maximum Gasteiger partial charge on any atom is 0.234 e. The number of nitrogens with one attached hydrogen (secondary N) is 1. The molecule has 170 valence electrons. The normalized spacial score (nSPS) is 14.5. The Morgan fingerprint density at radius 1 is 1.09 bits per heavy atom. The summed E-state index contributed by atoms with van der Waals surface area (Å²) in [5, 5.41) is 11.2. The van der Waals surface area contributed by atoms with Gasteiger partial charge in [0.05, 0.1) is 20.8 Å². The van der Waals surface area contributed by atoms with Crippen LogP contribution >= 0.6 is 0 Å². The van der Waals surface area contributed by atoms with Gasteiger partial charge < -0.3 is 19.7 Å².